The normalized spacial score (nSPS) is 15.1. The molecule has 1 aliphatic rings. The topological polar surface area (TPSA) is 0 Å². The maximum atomic E-state index is 12.9. The van der Waals surface area contributed by atoms with Gasteiger partial charge in [0.25, 0.3) is 0 Å². The third-order valence-corrected chi connectivity index (χ3v) is 2.17. The van der Waals surface area contributed by atoms with Gasteiger partial charge in [0.15, 0.2) is 0 Å². The Morgan fingerprint density at radius 2 is 1.36 bits per heavy atom. The van der Waals surface area contributed by atoms with E-state index < -0.39 is 0 Å². The minimum Gasteiger partial charge on any atom is -0.207 e. The first-order valence-electron chi connectivity index (χ1n) is 3.75. The summed E-state index contributed by atoms with van der Waals surface area (Å²) in [6.45, 7) is 0. The highest BCUT2D eigenvalue weighted by Crippen LogP contribution is 2.26. The summed E-state index contributed by atoms with van der Waals surface area (Å²) in [7, 11) is 0. The molecule has 11 heavy (non-hydrogen) atoms. The van der Waals surface area contributed by atoms with Crippen LogP contribution in [0.3, 0.4) is 0 Å². The molecule has 0 radical (unpaired) electrons. The van der Waals surface area contributed by atoms with E-state index in [0.717, 1.165) is 6.42 Å². The Labute approximate surface area is 63.9 Å². The molecule has 1 aromatic carbocycles. The molecule has 1 aliphatic carbocycles. The lowest BCUT2D eigenvalue weighted by Gasteiger charge is -2.00. The van der Waals surface area contributed by atoms with Gasteiger partial charge in [-0.1, -0.05) is 0 Å². The van der Waals surface area contributed by atoms with Crippen LogP contribution in [0.2, 0.25) is 0 Å². The van der Waals surface area contributed by atoms with E-state index in [0.29, 0.717) is 24.0 Å². The molecule has 1 aromatic rings. The van der Waals surface area contributed by atoms with Crippen molar-refractivity contribution in [3.63, 3.8) is 0 Å². The van der Waals surface area contributed by atoms with Crippen LogP contribution in [0.1, 0.15) is 17.5 Å². The van der Waals surface area contributed by atoms with Gasteiger partial charge in [0.2, 0.25) is 0 Å². The molecular formula is C9H8F2. The van der Waals surface area contributed by atoms with Crippen molar-refractivity contribution in [3.05, 3.63) is 34.9 Å². The largest absolute Gasteiger partial charge is 0.207 e. The van der Waals surface area contributed by atoms with Gasteiger partial charge in [0, 0.05) is 0 Å². The third kappa shape index (κ3) is 0.934. The van der Waals surface area contributed by atoms with Gasteiger partial charge in [-0.25, -0.2) is 8.78 Å². The van der Waals surface area contributed by atoms with Gasteiger partial charge in [-0.05, 0) is 42.5 Å². The zero-order valence-electron chi connectivity index (χ0n) is 6.03. The fourth-order valence-electron chi connectivity index (χ4n) is 1.62. The molecule has 2 heteroatoms. The zero-order valence-corrected chi connectivity index (χ0v) is 6.03. The van der Waals surface area contributed by atoms with E-state index in [1.807, 2.05) is 0 Å². The SMILES string of the molecule is Fc1ccc(F)c2c1CCC2. The first kappa shape index (κ1) is 6.77. The van der Waals surface area contributed by atoms with E-state index in [4.69, 9.17) is 0 Å². The van der Waals surface area contributed by atoms with E-state index in [1.165, 1.54) is 12.1 Å². The summed E-state index contributed by atoms with van der Waals surface area (Å²) in [6, 6.07) is 2.42. The van der Waals surface area contributed by atoms with Crippen molar-refractivity contribution in [1.29, 1.82) is 0 Å². The summed E-state index contributed by atoms with van der Waals surface area (Å²) in [4.78, 5) is 0. The molecule has 58 valence electrons. The maximum absolute atomic E-state index is 12.9. The molecular weight excluding hydrogens is 146 g/mol. The first-order chi connectivity index (χ1) is 5.29. The number of halogens is 2. The molecule has 2 rings (SSSR count). The molecule has 0 spiro atoms. The highest BCUT2D eigenvalue weighted by atomic mass is 19.1. The van der Waals surface area contributed by atoms with Gasteiger partial charge < -0.3 is 0 Å². The van der Waals surface area contributed by atoms with Crippen LogP contribution in [0, 0.1) is 11.6 Å². The van der Waals surface area contributed by atoms with E-state index in [2.05, 4.69) is 0 Å². The lowest BCUT2D eigenvalue weighted by molar-refractivity contribution is 0.585. The number of benzene rings is 1. The van der Waals surface area contributed by atoms with Gasteiger partial charge >= 0.3 is 0 Å². The summed E-state index contributed by atoms with van der Waals surface area (Å²) in [5, 5.41) is 0. The van der Waals surface area contributed by atoms with E-state index in [-0.39, 0.29) is 11.6 Å². The van der Waals surface area contributed by atoms with Crippen molar-refractivity contribution in [2.24, 2.45) is 0 Å². The van der Waals surface area contributed by atoms with Gasteiger partial charge in [-0.2, -0.15) is 0 Å². The predicted molar refractivity (Wildman–Crippen MR) is 38.4 cm³/mol. The molecule has 0 saturated carbocycles. The second kappa shape index (κ2) is 2.29. The standard InChI is InChI=1S/C9H8F2/c10-8-4-5-9(11)7-3-1-2-6(7)8/h4-5H,1-3H2. The van der Waals surface area contributed by atoms with Gasteiger partial charge in [0.05, 0.1) is 0 Å². The predicted octanol–water partition coefficient (Wildman–Crippen LogP) is 2.45. The van der Waals surface area contributed by atoms with Crippen molar-refractivity contribution in [2.75, 3.05) is 0 Å². The second-order valence-corrected chi connectivity index (χ2v) is 2.84. The van der Waals surface area contributed by atoms with Crippen LogP contribution in [-0.2, 0) is 12.8 Å². The van der Waals surface area contributed by atoms with E-state index in [9.17, 15) is 8.78 Å². The number of fused-ring (bicyclic) bond motifs is 1. The summed E-state index contributed by atoms with van der Waals surface area (Å²) < 4.78 is 25.8. The van der Waals surface area contributed by atoms with Crippen molar-refractivity contribution in [3.8, 4) is 0 Å². The van der Waals surface area contributed by atoms with Crippen molar-refractivity contribution in [1.82, 2.24) is 0 Å². The summed E-state index contributed by atoms with van der Waals surface area (Å²) >= 11 is 0. The first-order valence-corrected chi connectivity index (χ1v) is 3.75. The van der Waals surface area contributed by atoms with E-state index >= 15 is 0 Å². The van der Waals surface area contributed by atoms with Gasteiger partial charge in [-0.15, -0.1) is 0 Å². The lowest BCUT2D eigenvalue weighted by atomic mass is 10.1. The fraction of sp³-hybridized carbons (Fsp3) is 0.333. The van der Waals surface area contributed by atoms with Crippen molar-refractivity contribution >= 4 is 0 Å². The van der Waals surface area contributed by atoms with Gasteiger partial charge in [0.1, 0.15) is 11.6 Å². The van der Waals surface area contributed by atoms with Crippen LogP contribution in [0.4, 0.5) is 8.78 Å². The second-order valence-electron chi connectivity index (χ2n) is 2.84. The van der Waals surface area contributed by atoms with Crippen LogP contribution in [0.25, 0.3) is 0 Å². The zero-order chi connectivity index (χ0) is 7.84. The van der Waals surface area contributed by atoms with Crippen LogP contribution in [0.15, 0.2) is 12.1 Å². The summed E-state index contributed by atoms with van der Waals surface area (Å²) in [6.07, 6.45) is 2.27. The smallest absolute Gasteiger partial charge is 0.126 e. The van der Waals surface area contributed by atoms with Crippen molar-refractivity contribution in [2.45, 2.75) is 19.3 Å². The Morgan fingerprint density at radius 3 is 1.82 bits per heavy atom. The Kier molecular flexibility index (Phi) is 1.41. The number of rotatable bonds is 0. The quantitative estimate of drug-likeness (QED) is 0.538. The minimum atomic E-state index is -0.251. The molecule has 0 nitrogen and oxygen atoms in total. The molecule has 0 bridgehead atoms. The highest BCUT2D eigenvalue weighted by molar-refractivity contribution is 5.33. The van der Waals surface area contributed by atoms with E-state index in [1.54, 1.807) is 0 Å². The van der Waals surface area contributed by atoms with Crippen LogP contribution < -0.4 is 0 Å². The molecule has 0 atom stereocenters. The number of hydrogen-bond donors (Lipinski definition) is 0. The summed E-state index contributed by atoms with van der Waals surface area (Å²) in [5.41, 5.74) is 1.18. The lowest BCUT2D eigenvalue weighted by Crippen LogP contribution is -1.91. The summed E-state index contributed by atoms with van der Waals surface area (Å²) in [5.74, 6) is -0.502. The van der Waals surface area contributed by atoms with Gasteiger partial charge in [-0.3, -0.25) is 0 Å². The van der Waals surface area contributed by atoms with Crippen molar-refractivity contribution < 1.29 is 8.78 Å². The molecule has 0 unspecified atom stereocenters. The molecule has 0 aliphatic heterocycles. The Bertz CT molecular complexity index is 263. The average Bonchev–Trinajstić information content (AvgIpc) is 2.45. The average molecular weight is 154 g/mol. The fourth-order valence-corrected chi connectivity index (χ4v) is 1.62. The molecule has 0 saturated heterocycles. The van der Waals surface area contributed by atoms with Crippen LogP contribution >= 0.6 is 0 Å². The molecule has 0 aromatic heterocycles. The molecule has 0 amide bonds. The van der Waals surface area contributed by atoms with Crippen LogP contribution in [-0.4, -0.2) is 0 Å². The Balaban J connectivity index is 2.64. The third-order valence-electron chi connectivity index (χ3n) is 2.17. The monoisotopic (exact) mass is 154 g/mol. The Hall–Kier alpha value is -0.920. The Morgan fingerprint density at radius 1 is 0.909 bits per heavy atom. The maximum Gasteiger partial charge on any atom is 0.126 e. The molecule has 0 N–H and O–H groups in total. The number of hydrogen-bond acceptors (Lipinski definition) is 0. The molecule has 0 heterocycles. The molecule has 0 fully saturated rings. The minimum absolute atomic E-state index is 0.251. The van der Waals surface area contributed by atoms with Crippen LogP contribution in [0.5, 0.6) is 0 Å². The highest BCUT2D eigenvalue weighted by Gasteiger charge is 2.18.